The number of amides is 1. The van der Waals surface area contributed by atoms with Gasteiger partial charge in [0.15, 0.2) is 6.61 Å². The van der Waals surface area contributed by atoms with Gasteiger partial charge < -0.3 is 10.1 Å². The summed E-state index contributed by atoms with van der Waals surface area (Å²) in [7, 11) is -3.63. The van der Waals surface area contributed by atoms with Gasteiger partial charge in [-0.05, 0) is 51.8 Å². The molecule has 1 aliphatic rings. The lowest BCUT2D eigenvalue weighted by Gasteiger charge is -2.26. The van der Waals surface area contributed by atoms with E-state index in [1.54, 1.807) is 0 Å². The predicted molar refractivity (Wildman–Crippen MR) is 97.2 cm³/mol. The second-order valence-electron chi connectivity index (χ2n) is 7.37. The number of nitrogens with one attached hydrogen (secondary N) is 1. The molecule has 2 rings (SSSR count). The van der Waals surface area contributed by atoms with Crippen molar-refractivity contribution in [3.63, 3.8) is 0 Å². The number of benzene rings is 1. The molecule has 0 atom stereocenters. The largest absolute Gasteiger partial charge is 0.452 e. The van der Waals surface area contributed by atoms with Gasteiger partial charge in [0.1, 0.15) is 0 Å². The van der Waals surface area contributed by atoms with Crippen molar-refractivity contribution >= 4 is 21.9 Å². The Morgan fingerprint density at radius 1 is 1.15 bits per heavy atom. The van der Waals surface area contributed by atoms with Crippen LogP contribution in [0, 0.1) is 0 Å². The van der Waals surface area contributed by atoms with Gasteiger partial charge in [0.25, 0.3) is 5.91 Å². The average Bonchev–Trinajstić information content (AvgIpc) is 2.59. The van der Waals surface area contributed by atoms with Crippen LogP contribution >= 0.6 is 0 Å². The number of piperidine rings is 1. The maximum Gasteiger partial charge on any atom is 0.338 e. The minimum atomic E-state index is -3.63. The minimum absolute atomic E-state index is 0.0630. The first kappa shape index (κ1) is 20.4. The lowest BCUT2D eigenvalue weighted by Crippen LogP contribution is -2.42. The van der Waals surface area contributed by atoms with Crippen LogP contribution in [0.1, 0.15) is 50.4 Å². The van der Waals surface area contributed by atoms with Gasteiger partial charge in [-0.2, -0.15) is 4.31 Å². The first-order valence-corrected chi connectivity index (χ1v) is 10.1. The first-order valence-electron chi connectivity index (χ1n) is 8.68. The Morgan fingerprint density at radius 3 is 2.42 bits per heavy atom. The van der Waals surface area contributed by atoms with Crippen LogP contribution in [-0.2, 0) is 19.6 Å². The van der Waals surface area contributed by atoms with Gasteiger partial charge in [-0.15, -0.1) is 0 Å². The highest BCUT2D eigenvalue weighted by molar-refractivity contribution is 7.89. The van der Waals surface area contributed by atoms with Crippen molar-refractivity contribution in [1.29, 1.82) is 0 Å². The van der Waals surface area contributed by atoms with E-state index in [1.165, 1.54) is 28.6 Å². The summed E-state index contributed by atoms with van der Waals surface area (Å²) in [5.74, 6) is -1.15. The van der Waals surface area contributed by atoms with Crippen LogP contribution in [0.2, 0.25) is 0 Å². The molecule has 1 aromatic carbocycles. The summed E-state index contributed by atoms with van der Waals surface area (Å²) < 4.78 is 31.8. The summed E-state index contributed by atoms with van der Waals surface area (Å²) in [4.78, 5) is 24.0. The van der Waals surface area contributed by atoms with Crippen molar-refractivity contribution < 1.29 is 22.7 Å². The van der Waals surface area contributed by atoms with Gasteiger partial charge in [-0.1, -0.05) is 12.5 Å². The van der Waals surface area contributed by atoms with Crippen molar-refractivity contribution in [2.75, 3.05) is 19.7 Å². The number of ether oxygens (including phenoxy) is 1. The average molecular weight is 382 g/mol. The zero-order valence-electron chi connectivity index (χ0n) is 15.4. The van der Waals surface area contributed by atoms with E-state index in [2.05, 4.69) is 5.32 Å². The maximum atomic E-state index is 12.7. The Kier molecular flexibility index (Phi) is 6.41. The Hall–Kier alpha value is -1.93. The van der Waals surface area contributed by atoms with Crippen LogP contribution in [0.5, 0.6) is 0 Å². The molecule has 0 spiro atoms. The zero-order valence-corrected chi connectivity index (χ0v) is 16.3. The Balaban J connectivity index is 2.06. The smallest absolute Gasteiger partial charge is 0.338 e. The molecule has 0 radical (unpaired) electrons. The molecule has 0 aliphatic carbocycles. The molecule has 1 amide bonds. The van der Waals surface area contributed by atoms with E-state index in [1.807, 2.05) is 20.8 Å². The molecule has 0 aromatic heterocycles. The summed E-state index contributed by atoms with van der Waals surface area (Å²) in [6.07, 6.45) is 2.70. The van der Waals surface area contributed by atoms with Gasteiger partial charge in [0, 0.05) is 18.6 Å². The summed E-state index contributed by atoms with van der Waals surface area (Å²) >= 11 is 0. The van der Waals surface area contributed by atoms with Crippen LogP contribution in [0.25, 0.3) is 0 Å². The van der Waals surface area contributed by atoms with Crippen LogP contribution in [0.3, 0.4) is 0 Å². The number of rotatable bonds is 5. The fourth-order valence-corrected chi connectivity index (χ4v) is 4.27. The van der Waals surface area contributed by atoms with Crippen molar-refractivity contribution in [3.8, 4) is 0 Å². The number of nitrogens with zero attached hydrogens (tertiary/aromatic N) is 1. The molecule has 0 saturated carbocycles. The number of sulfonamides is 1. The quantitative estimate of drug-likeness (QED) is 0.786. The fraction of sp³-hybridized carbons (Fsp3) is 0.556. The zero-order chi connectivity index (χ0) is 19.4. The molecule has 1 heterocycles. The molecule has 0 unspecified atom stereocenters. The Labute approximate surface area is 154 Å². The van der Waals surface area contributed by atoms with E-state index in [0.29, 0.717) is 13.1 Å². The van der Waals surface area contributed by atoms with Gasteiger partial charge in [-0.25, -0.2) is 13.2 Å². The van der Waals surface area contributed by atoms with Crippen LogP contribution in [-0.4, -0.2) is 49.8 Å². The molecule has 8 heteroatoms. The van der Waals surface area contributed by atoms with Gasteiger partial charge in [-0.3, -0.25) is 4.79 Å². The standard InChI is InChI=1S/C18H26N2O5S/c1-18(2,3)19-16(21)13-25-17(22)14-8-7-9-15(12-14)26(23,24)20-10-5-4-6-11-20/h7-9,12H,4-6,10-11,13H2,1-3H3,(H,19,21). The number of carbonyl (C=O) groups is 2. The van der Waals surface area contributed by atoms with E-state index in [-0.39, 0.29) is 10.5 Å². The second-order valence-corrected chi connectivity index (χ2v) is 9.30. The predicted octanol–water partition coefficient (Wildman–Crippen LogP) is 1.93. The van der Waals surface area contributed by atoms with E-state index >= 15 is 0 Å². The third kappa shape index (κ3) is 5.54. The highest BCUT2D eigenvalue weighted by atomic mass is 32.2. The third-order valence-corrected chi connectivity index (χ3v) is 5.77. The number of hydrogen-bond acceptors (Lipinski definition) is 5. The maximum absolute atomic E-state index is 12.7. The molecule has 1 fully saturated rings. The fourth-order valence-electron chi connectivity index (χ4n) is 2.71. The molecule has 1 aromatic rings. The van der Waals surface area contributed by atoms with Crippen molar-refractivity contribution in [2.45, 2.75) is 50.5 Å². The van der Waals surface area contributed by atoms with E-state index in [4.69, 9.17) is 4.74 Å². The number of hydrogen-bond donors (Lipinski definition) is 1. The van der Waals surface area contributed by atoms with Crippen LogP contribution in [0.4, 0.5) is 0 Å². The van der Waals surface area contributed by atoms with E-state index in [9.17, 15) is 18.0 Å². The topological polar surface area (TPSA) is 92.8 Å². The van der Waals surface area contributed by atoms with Crippen LogP contribution < -0.4 is 5.32 Å². The lowest BCUT2D eigenvalue weighted by atomic mass is 10.1. The molecule has 144 valence electrons. The lowest BCUT2D eigenvalue weighted by molar-refractivity contribution is -0.125. The van der Waals surface area contributed by atoms with Crippen molar-refractivity contribution in [2.24, 2.45) is 0 Å². The highest BCUT2D eigenvalue weighted by Gasteiger charge is 2.26. The molecular weight excluding hydrogens is 356 g/mol. The molecule has 0 bridgehead atoms. The van der Waals surface area contributed by atoms with Gasteiger partial charge >= 0.3 is 5.97 Å². The Morgan fingerprint density at radius 2 is 1.81 bits per heavy atom. The molecular formula is C18H26N2O5S. The number of esters is 1. The van der Waals surface area contributed by atoms with E-state index in [0.717, 1.165) is 19.3 Å². The van der Waals surface area contributed by atoms with E-state index < -0.39 is 34.0 Å². The Bertz CT molecular complexity index is 762. The normalized spacial score (nSPS) is 16.1. The molecule has 1 aliphatic heterocycles. The minimum Gasteiger partial charge on any atom is -0.452 e. The summed E-state index contributed by atoms with van der Waals surface area (Å²) in [5, 5.41) is 2.69. The highest BCUT2D eigenvalue weighted by Crippen LogP contribution is 2.21. The molecule has 1 N–H and O–H groups in total. The number of carbonyl (C=O) groups excluding carboxylic acids is 2. The van der Waals surface area contributed by atoms with Gasteiger partial charge in [0.2, 0.25) is 10.0 Å². The summed E-state index contributed by atoms with van der Waals surface area (Å²) in [6, 6.07) is 5.74. The van der Waals surface area contributed by atoms with Gasteiger partial charge in [0.05, 0.1) is 10.5 Å². The molecule has 7 nitrogen and oxygen atoms in total. The summed E-state index contributed by atoms with van der Waals surface area (Å²) in [6.45, 7) is 6.03. The van der Waals surface area contributed by atoms with Crippen molar-refractivity contribution in [1.82, 2.24) is 9.62 Å². The third-order valence-electron chi connectivity index (χ3n) is 3.87. The SMILES string of the molecule is CC(C)(C)NC(=O)COC(=O)c1cccc(S(=O)(=O)N2CCCCC2)c1. The van der Waals surface area contributed by atoms with Crippen molar-refractivity contribution in [3.05, 3.63) is 29.8 Å². The molecule has 1 saturated heterocycles. The second kappa shape index (κ2) is 8.18. The summed E-state index contributed by atoms with van der Waals surface area (Å²) in [5.41, 5.74) is -0.321. The monoisotopic (exact) mass is 382 g/mol. The first-order chi connectivity index (χ1) is 12.1. The van der Waals surface area contributed by atoms with Crippen LogP contribution in [0.15, 0.2) is 29.2 Å². The molecule has 26 heavy (non-hydrogen) atoms.